The Kier molecular flexibility index (Phi) is 15.4. The highest BCUT2D eigenvalue weighted by molar-refractivity contribution is 4.84. The van der Waals surface area contributed by atoms with Crippen LogP contribution in [0.2, 0.25) is 0 Å². The highest BCUT2D eigenvalue weighted by atomic mass is 14.2. The Labute approximate surface area is 130 Å². The molecule has 0 amide bonds. The molecule has 121 valence electrons. The summed E-state index contributed by atoms with van der Waals surface area (Å²) in [4.78, 5) is 0. The highest BCUT2D eigenvalue weighted by Crippen LogP contribution is 2.24. The van der Waals surface area contributed by atoms with Gasteiger partial charge in [-0.3, -0.25) is 0 Å². The number of unbranched alkanes of at least 4 members (excludes halogenated alkanes) is 9. The van der Waals surface area contributed by atoms with E-state index in [9.17, 15) is 0 Å². The Hall–Kier alpha value is 0. The van der Waals surface area contributed by atoms with E-state index in [4.69, 9.17) is 0 Å². The van der Waals surface area contributed by atoms with Gasteiger partial charge in [0.15, 0.2) is 0 Å². The first-order valence-corrected chi connectivity index (χ1v) is 9.55. The molecule has 0 aromatic heterocycles. The minimum atomic E-state index is 0.962. The van der Waals surface area contributed by atoms with Crippen molar-refractivity contribution in [2.75, 3.05) is 0 Å². The van der Waals surface area contributed by atoms with Gasteiger partial charge in [0.2, 0.25) is 0 Å². The van der Waals surface area contributed by atoms with Crippen LogP contribution in [0.3, 0.4) is 0 Å². The molecular formula is C20H41. The summed E-state index contributed by atoms with van der Waals surface area (Å²) in [6.07, 6.45) is 20.1. The molecule has 0 nitrogen and oxygen atoms in total. The lowest BCUT2D eigenvalue weighted by molar-refractivity contribution is 0.413. The maximum Gasteiger partial charge on any atom is -0.0272 e. The first-order chi connectivity index (χ1) is 9.74. The quantitative estimate of drug-likeness (QED) is 0.269. The molecule has 1 radical (unpaired) electrons. The summed E-state index contributed by atoms with van der Waals surface area (Å²) in [6.45, 7) is 9.29. The molecule has 0 heterocycles. The Balaban J connectivity index is 3.29. The van der Waals surface area contributed by atoms with Crippen LogP contribution >= 0.6 is 0 Å². The summed E-state index contributed by atoms with van der Waals surface area (Å²) in [6, 6.07) is 0. The monoisotopic (exact) mass is 281 g/mol. The van der Waals surface area contributed by atoms with E-state index in [0.29, 0.717) is 0 Å². The van der Waals surface area contributed by atoms with Crippen molar-refractivity contribution in [3.05, 3.63) is 5.92 Å². The van der Waals surface area contributed by atoms with Crippen LogP contribution in [0.5, 0.6) is 0 Å². The maximum absolute atomic E-state index is 2.36. The van der Waals surface area contributed by atoms with Gasteiger partial charge in [0.1, 0.15) is 0 Å². The van der Waals surface area contributed by atoms with Crippen LogP contribution in [-0.4, -0.2) is 0 Å². The fraction of sp³-hybridized carbons (Fsp3) is 0.950. The smallest absolute Gasteiger partial charge is 0.0272 e. The van der Waals surface area contributed by atoms with E-state index in [-0.39, 0.29) is 0 Å². The largest absolute Gasteiger partial charge is 0.0654 e. The molecule has 0 fully saturated rings. The van der Waals surface area contributed by atoms with Gasteiger partial charge < -0.3 is 0 Å². The minimum Gasteiger partial charge on any atom is -0.0654 e. The zero-order chi connectivity index (χ0) is 15.1. The molecule has 0 aliphatic carbocycles. The third-order valence-corrected chi connectivity index (χ3v) is 4.78. The van der Waals surface area contributed by atoms with Gasteiger partial charge in [-0.05, 0) is 18.3 Å². The van der Waals surface area contributed by atoms with Crippen molar-refractivity contribution in [1.82, 2.24) is 0 Å². The Bertz CT molecular complexity index is 173. The standard InChI is InChI=1S/C20H41/c1-5-8-9-10-11-12-13-14-15-16-17-20(7-3)18-19(4)6-2/h20H,5-18H2,1-4H3. The SMILES string of the molecule is CCCCCCCCCCCCC(CC)C[C](C)CC. The fourth-order valence-electron chi connectivity index (χ4n) is 3.01. The summed E-state index contributed by atoms with van der Waals surface area (Å²) < 4.78 is 0. The molecule has 0 rings (SSSR count). The lowest BCUT2D eigenvalue weighted by atomic mass is 9.88. The molecule has 0 N–H and O–H groups in total. The number of hydrogen-bond acceptors (Lipinski definition) is 0. The van der Waals surface area contributed by atoms with Crippen molar-refractivity contribution < 1.29 is 0 Å². The van der Waals surface area contributed by atoms with Crippen molar-refractivity contribution in [2.45, 2.75) is 118 Å². The van der Waals surface area contributed by atoms with Crippen LogP contribution in [-0.2, 0) is 0 Å². The molecule has 0 saturated carbocycles. The van der Waals surface area contributed by atoms with Crippen LogP contribution in [0, 0.1) is 11.8 Å². The summed E-state index contributed by atoms with van der Waals surface area (Å²) >= 11 is 0. The second-order valence-corrected chi connectivity index (χ2v) is 6.76. The van der Waals surface area contributed by atoms with Gasteiger partial charge in [-0.25, -0.2) is 0 Å². The van der Waals surface area contributed by atoms with Crippen LogP contribution in [0.1, 0.15) is 118 Å². The number of rotatable bonds is 15. The first kappa shape index (κ1) is 20.0. The van der Waals surface area contributed by atoms with Crippen LogP contribution in [0.15, 0.2) is 0 Å². The molecule has 0 aliphatic heterocycles. The van der Waals surface area contributed by atoms with Crippen molar-refractivity contribution >= 4 is 0 Å². The Morgan fingerprint density at radius 2 is 1.20 bits per heavy atom. The average Bonchev–Trinajstić information content (AvgIpc) is 2.47. The molecule has 0 aliphatic rings. The van der Waals surface area contributed by atoms with Gasteiger partial charge >= 0.3 is 0 Å². The molecule has 0 aromatic rings. The molecule has 1 atom stereocenters. The third kappa shape index (κ3) is 13.0. The van der Waals surface area contributed by atoms with Gasteiger partial charge in [0.25, 0.3) is 0 Å². The van der Waals surface area contributed by atoms with E-state index in [0.717, 1.165) is 5.92 Å². The van der Waals surface area contributed by atoms with E-state index in [1.807, 2.05) is 0 Å². The van der Waals surface area contributed by atoms with E-state index in [2.05, 4.69) is 27.7 Å². The molecule has 0 spiro atoms. The molecule has 1 unspecified atom stereocenters. The third-order valence-electron chi connectivity index (χ3n) is 4.78. The molecular weight excluding hydrogens is 240 g/mol. The van der Waals surface area contributed by atoms with E-state index in [1.165, 1.54) is 89.9 Å². The van der Waals surface area contributed by atoms with Crippen molar-refractivity contribution in [3.8, 4) is 0 Å². The van der Waals surface area contributed by atoms with Gasteiger partial charge in [0, 0.05) is 0 Å². The normalized spacial score (nSPS) is 13.1. The summed E-state index contributed by atoms with van der Waals surface area (Å²) in [5.74, 6) is 2.66. The summed E-state index contributed by atoms with van der Waals surface area (Å²) in [5.41, 5.74) is 0. The molecule has 0 bridgehead atoms. The lowest BCUT2D eigenvalue weighted by Gasteiger charge is -2.18. The first-order valence-electron chi connectivity index (χ1n) is 9.55. The van der Waals surface area contributed by atoms with Gasteiger partial charge in [-0.1, -0.05) is 111 Å². The van der Waals surface area contributed by atoms with Crippen molar-refractivity contribution in [3.63, 3.8) is 0 Å². The van der Waals surface area contributed by atoms with Gasteiger partial charge in [0.05, 0.1) is 0 Å². The Morgan fingerprint density at radius 1 is 0.700 bits per heavy atom. The van der Waals surface area contributed by atoms with Crippen LogP contribution < -0.4 is 0 Å². The zero-order valence-electron chi connectivity index (χ0n) is 15.0. The lowest BCUT2D eigenvalue weighted by Crippen LogP contribution is -2.03. The van der Waals surface area contributed by atoms with Crippen LogP contribution in [0.25, 0.3) is 0 Å². The molecule has 20 heavy (non-hydrogen) atoms. The minimum absolute atomic E-state index is 0.962. The second-order valence-electron chi connectivity index (χ2n) is 6.76. The molecule has 0 heteroatoms. The maximum atomic E-state index is 2.36. The summed E-state index contributed by atoms with van der Waals surface area (Å²) in [5, 5.41) is 0. The van der Waals surface area contributed by atoms with Crippen molar-refractivity contribution in [1.29, 1.82) is 0 Å². The Morgan fingerprint density at radius 3 is 1.65 bits per heavy atom. The highest BCUT2D eigenvalue weighted by Gasteiger charge is 2.10. The average molecular weight is 282 g/mol. The fourth-order valence-corrected chi connectivity index (χ4v) is 3.01. The second kappa shape index (κ2) is 15.4. The molecule has 0 saturated heterocycles. The van der Waals surface area contributed by atoms with Gasteiger partial charge in [-0.15, -0.1) is 0 Å². The van der Waals surface area contributed by atoms with Crippen molar-refractivity contribution in [2.24, 2.45) is 5.92 Å². The summed E-state index contributed by atoms with van der Waals surface area (Å²) in [7, 11) is 0. The van der Waals surface area contributed by atoms with E-state index < -0.39 is 0 Å². The van der Waals surface area contributed by atoms with E-state index >= 15 is 0 Å². The van der Waals surface area contributed by atoms with Gasteiger partial charge in [-0.2, -0.15) is 0 Å². The molecule has 0 aromatic carbocycles. The predicted octanol–water partition coefficient (Wildman–Crippen LogP) is 7.72. The van der Waals surface area contributed by atoms with Crippen LogP contribution in [0.4, 0.5) is 0 Å². The van der Waals surface area contributed by atoms with E-state index in [1.54, 1.807) is 5.92 Å². The zero-order valence-corrected chi connectivity index (χ0v) is 15.0. The topological polar surface area (TPSA) is 0 Å². The predicted molar refractivity (Wildman–Crippen MR) is 94.1 cm³/mol. The number of hydrogen-bond donors (Lipinski definition) is 0.